The lowest BCUT2D eigenvalue weighted by molar-refractivity contribution is 0.101. The van der Waals surface area contributed by atoms with E-state index in [0.717, 1.165) is 17.5 Å². The van der Waals surface area contributed by atoms with Gasteiger partial charge in [-0.15, -0.1) is 11.5 Å². The van der Waals surface area contributed by atoms with Gasteiger partial charge in [-0.2, -0.15) is 4.98 Å². The van der Waals surface area contributed by atoms with Crippen molar-refractivity contribution in [2.45, 2.75) is 13.8 Å². The summed E-state index contributed by atoms with van der Waals surface area (Å²) >= 11 is 0. The summed E-state index contributed by atoms with van der Waals surface area (Å²) in [4.78, 5) is 20.8. The lowest BCUT2D eigenvalue weighted by Gasteiger charge is -2.10. The van der Waals surface area contributed by atoms with Gasteiger partial charge in [-0.25, -0.2) is 13.9 Å². The average molecular weight is 339 g/mol. The summed E-state index contributed by atoms with van der Waals surface area (Å²) < 4.78 is 20.1. The summed E-state index contributed by atoms with van der Waals surface area (Å²) in [6.45, 7) is 3.61. The molecule has 0 saturated carbocycles. The minimum Gasteiger partial charge on any atom is -0.479 e. The van der Waals surface area contributed by atoms with E-state index >= 15 is 0 Å². The normalized spacial score (nSPS) is 10.5. The third kappa shape index (κ3) is 3.40. The van der Waals surface area contributed by atoms with Crippen LogP contribution in [0.4, 0.5) is 10.1 Å². The van der Waals surface area contributed by atoms with E-state index < -0.39 is 11.7 Å². The number of nitrogens with one attached hydrogen (secondary N) is 1. The first kappa shape index (κ1) is 16.4. The number of anilines is 1. The molecule has 3 aromatic rings. The summed E-state index contributed by atoms with van der Waals surface area (Å²) in [5.41, 5.74) is 1.84. The van der Waals surface area contributed by atoms with Crippen molar-refractivity contribution < 1.29 is 13.9 Å². The van der Waals surface area contributed by atoms with Gasteiger partial charge in [0.15, 0.2) is 0 Å². The van der Waals surface area contributed by atoms with Crippen LogP contribution >= 0.6 is 0 Å². The van der Waals surface area contributed by atoms with Crippen LogP contribution in [0.3, 0.4) is 0 Å². The number of hydrogen-bond donors (Lipinski definition) is 1. The van der Waals surface area contributed by atoms with Crippen LogP contribution < -0.4 is 10.1 Å². The van der Waals surface area contributed by atoms with Gasteiger partial charge in [0.25, 0.3) is 11.7 Å². The van der Waals surface area contributed by atoms with Crippen molar-refractivity contribution in [3.8, 4) is 18.1 Å². The van der Waals surface area contributed by atoms with Crippen LogP contribution in [0.1, 0.15) is 22.0 Å². The molecule has 126 valence electrons. The first-order valence-corrected chi connectivity index (χ1v) is 7.36. The zero-order valence-corrected chi connectivity index (χ0v) is 13.6. The third-order valence-electron chi connectivity index (χ3n) is 3.32. The predicted molar refractivity (Wildman–Crippen MR) is 88.9 cm³/mol. The summed E-state index contributed by atoms with van der Waals surface area (Å²) in [7, 11) is 0. The fourth-order valence-electron chi connectivity index (χ4n) is 2.28. The van der Waals surface area contributed by atoms with E-state index in [1.807, 2.05) is 19.9 Å². The van der Waals surface area contributed by atoms with E-state index in [2.05, 4.69) is 26.3 Å². The van der Waals surface area contributed by atoms with Gasteiger partial charge < -0.3 is 10.1 Å². The second-order valence-corrected chi connectivity index (χ2v) is 5.27. The molecule has 0 saturated heterocycles. The zero-order valence-electron chi connectivity index (χ0n) is 13.6. The first-order chi connectivity index (χ1) is 12.0. The molecule has 0 aliphatic heterocycles. The molecular weight excluding hydrogens is 325 g/mol. The summed E-state index contributed by atoms with van der Waals surface area (Å²) in [6.07, 6.45) is 5.14. The monoisotopic (exact) mass is 339 g/mol. The lowest BCUT2D eigenvalue weighted by atomic mass is 10.2. The fourth-order valence-corrected chi connectivity index (χ4v) is 2.28. The number of hydrogen-bond acceptors (Lipinski definition) is 5. The van der Waals surface area contributed by atoms with Crippen LogP contribution in [0.5, 0.6) is 5.75 Å². The average Bonchev–Trinajstić information content (AvgIpc) is 2.99. The molecule has 25 heavy (non-hydrogen) atoms. The molecule has 1 aromatic carbocycles. The number of carbonyl (C=O) groups is 1. The molecule has 1 amide bonds. The van der Waals surface area contributed by atoms with Gasteiger partial charge in [0.05, 0.1) is 5.69 Å². The number of ether oxygens (including phenoxy) is 1. The fraction of sp³-hybridized carbons (Fsp3) is 0.176. The molecule has 0 atom stereocenters. The Labute approximate surface area is 142 Å². The van der Waals surface area contributed by atoms with E-state index in [4.69, 9.17) is 11.2 Å². The summed E-state index contributed by atoms with van der Waals surface area (Å²) in [5.74, 6) is 1.59. The molecule has 1 N–H and O–H groups in total. The number of terminal acetylenes is 1. The van der Waals surface area contributed by atoms with Crippen molar-refractivity contribution >= 4 is 17.4 Å². The van der Waals surface area contributed by atoms with E-state index in [0.29, 0.717) is 5.78 Å². The zero-order chi connectivity index (χ0) is 18.0. The van der Waals surface area contributed by atoms with Crippen molar-refractivity contribution in [1.82, 2.24) is 19.6 Å². The lowest BCUT2D eigenvalue weighted by Crippen LogP contribution is -2.15. The van der Waals surface area contributed by atoms with E-state index in [1.54, 1.807) is 0 Å². The molecule has 3 rings (SSSR count). The number of fused-ring (bicyclic) bond motifs is 1. The highest BCUT2D eigenvalue weighted by atomic mass is 19.1. The molecule has 0 spiro atoms. The van der Waals surface area contributed by atoms with E-state index in [-0.39, 0.29) is 23.9 Å². The number of nitrogens with zero attached hydrogens (tertiary/aromatic N) is 4. The maximum absolute atomic E-state index is 13.4. The highest BCUT2D eigenvalue weighted by Crippen LogP contribution is 2.25. The largest absolute Gasteiger partial charge is 0.479 e. The van der Waals surface area contributed by atoms with E-state index in [1.165, 1.54) is 16.6 Å². The standard InChI is InChI=1S/C17H14FN5O2/c1-4-7-25-14-9-12(18)5-6-13(14)20-16(24)15-21-17-19-10(2)8-11(3)23(17)22-15/h1,5-6,8-9H,7H2,2-3H3,(H,20,24). The molecule has 0 aliphatic rings. The number of halogens is 1. The maximum atomic E-state index is 13.4. The summed E-state index contributed by atoms with van der Waals surface area (Å²) in [5, 5.41) is 6.74. The Morgan fingerprint density at radius 2 is 2.16 bits per heavy atom. The van der Waals surface area contributed by atoms with Crippen molar-refractivity contribution in [3.63, 3.8) is 0 Å². The molecule has 2 heterocycles. The molecule has 7 nitrogen and oxygen atoms in total. The third-order valence-corrected chi connectivity index (χ3v) is 3.32. The van der Waals surface area contributed by atoms with Crippen molar-refractivity contribution in [2.75, 3.05) is 11.9 Å². The van der Waals surface area contributed by atoms with Gasteiger partial charge in [0.2, 0.25) is 5.82 Å². The number of amides is 1. The number of rotatable bonds is 4. The van der Waals surface area contributed by atoms with Gasteiger partial charge in [-0.05, 0) is 32.0 Å². The number of aryl methyl sites for hydroxylation is 2. The SMILES string of the molecule is C#CCOc1cc(F)ccc1NC(=O)c1nc2nc(C)cc(C)n2n1. The molecule has 2 aromatic heterocycles. The van der Waals surface area contributed by atoms with Gasteiger partial charge >= 0.3 is 0 Å². The molecule has 0 bridgehead atoms. The second kappa shape index (κ2) is 6.57. The van der Waals surface area contributed by atoms with Crippen molar-refractivity contribution in [2.24, 2.45) is 0 Å². The second-order valence-electron chi connectivity index (χ2n) is 5.27. The number of carbonyl (C=O) groups excluding carboxylic acids is 1. The molecule has 0 radical (unpaired) electrons. The van der Waals surface area contributed by atoms with Gasteiger partial charge in [-0.3, -0.25) is 4.79 Å². The minimum absolute atomic E-state index is 0.0542. The van der Waals surface area contributed by atoms with Crippen LogP contribution in [-0.4, -0.2) is 32.1 Å². The predicted octanol–water partition coefficient (Wildman–Crippen LogP) is 2.14. The van der Waals surface area contributed by atoms with Crippen molar-refractivity contribution in [3.05, 3.63) is 47.3 Å². The van der Waals surface area contributed by atoms with Crippen LogP contribution in [0, 0.1) is 32.0 Å². The highest BCUT2D eigenvalue weighted by molar-refractivity contribution is 6.02. The molecule has 0 fully saturated rings. The molecule has 0 unspecified atom stereocenters. The first-order valence-electron chi connectivity index (χ1n) is 7.36. The smallest absolute Gasteiger partial charge is 0.295 e. The Balaban J connectivity index is 1.90. The minimum atomic E-state index is -0.570. The number of aromatic nitrogens is 4. The quantitative estimate of drug-likeness (QED) is 0.737. The topological polar surface area (TPSA) is 81.4 Å². The Bertz CT molecular complexity index is 1010. The Hall–Kier alpha value is -3.47. The Morgan fingerprint density at radius 1 is 1.36 bits per heavy atom. The van der Waals surface area contributed by atoms with Crippen LogP contribution in [0.15, 0.2) is 24.3 Å². The molecular formula is C17H14FN5O2. The van der Waals surface area contributed by atoms with Crippen molar-refractivity contribution in [1.29, 1.82) is 0 Å². The number of benzene rings is 1. The highest BCUT2D eigenvalue weighted by Gasteiger charge is 2.17. The van der Waals surface area contributed by atoms with Crippen LogP contribution in [0.25, 0.3) is 5.78 Å². The van der Waals surface area contributed by atoms with Gasteiger partial charge in [0, 0.05) is 17.5 Å². The summed E-state index contributed by atoms with van der Waals surface area (Å²) in [6, 6.07) is 5.54. The van der Waals surface area contributed by atoms with Crippen LogP contribution in [0.2, 0.25) is 0 Å². The molecule has 0 aliphatic carbocycles. The molecule has 8 heteroatoms. The van der Waals surface area contributed by atoms with E-state index in [9.17, 15) is 9.18 Å². The van der Waals surface area contributed by atoms with Crippen LogP contribution in [-0.2, 0) is 0 Å². The Morgan fingerprint density at radius 3 is 2.92 bits per heavy atom. The maximum Gasteiger partial charge on any atom is 0.295 e. The van der Waals surface area contributed by atoms with Gasteiger partial charge in [-0.1, -0.05) is 5.92 Å². The van der Waals surface area contributed by atoms with Gasteiger partial charge in [0.1, 0.15) is 18.2 Å². The Kier molecular flexibility index (Phi) is 4.31.